The highest BCUT2D eigenvalue weighted by Gasteiger charge is 2.45. The molecule has 2 nitrogen and oxygen atoms in total. The van der Waals surface area contributed by atoms with Crippen molar-refractivity contribution in [3.8, 4) is 0 Å². The van der Waals surface area contributed by atoms with E-state index in [1.165, 1.54) is 11.1 Å². The van der Waals surface area contributed by atoms with Gasteiger partial charge in [0.1, 0.15) is 12.1 Å². The number of quaternary nitrogens is 1. The molecule has 0 saturated carbocycles. The van der Waals surface area contributed by atoms with Crippen LogP contribution in [0, 0.1) is 11.8 Å². The first kappa shape index (κ1) is 16.2. The Morgan fingerprint density at radius 3 is 1.91 bits per heavy atom. The predicted molar refractivity (Wildman–Crippen MR) is 93.9 cm³/mol. The molecule has 0 aromatic heterocycles. The van der Waals surface area contributed by atoms with Crippen LogP contribution in [0.2, 0.25) is 0 Å². The van der Waals surface area contributed by atoms with Crippen molar-refractivity contribution >= 4 is 0 Å². The smallest absolute Gasteiger partial charge is 0.117 e. The zero-order chi connectivity index (χ0) is 16.2. The summed E-state index contributed by atoms with van der Waals surface area (Å²) in [5.41, 5.74) is 2.65. The average molecular weight is 310 g/mol. The van der Waals surface area contributed by atoms with E-state index in [2.05, 4.69) is 79.8 Å². The first-order chi connectivity index (χ1) is 11.2. The van der Waals surface area contributed by atoms with Crippen molar-refractivity contribution in [3.05, 3.63) is 71.8 Å². The van der Waals surface area contributed by atoms with Crippen LogP contribution in [0.4, 0.5) is 0 Å². The predicted octanol–water partition coefficient (Wildman–Crippen LogP) is 3.46. The number of hydrogen-bond acceptors (Lipinski definition) is 1. The molecule has 0 unspecified atom stereocenters. The molecule has 1 aliphatic rings. The topological polar surface area (TPSA) is 36.8 Å². The largest absolute Gasteiger partial charge is 0.392 e. The highest BCUT2D eigenvalue weighted by molar-refractivity contribution is 5.22. The number of nitrogens with two attached hydrogens (primary N) is 1. The summed E-state index contributed by atoms with van der Waals surface area (Å²) < 4.78 is 0. The molecule has 23 heavy (non-hydrogen) atoms. The lowest BCUT2D eigenvalue weighted by Gasteiger charge is -2.42. The maximum absolute atomic E-state index is 11.0. The maximum atomic E-state index is 11.0. The minimum atomic E-state index is -0.254. The lowest BCUT2D eigenvalue weighted by molar-refractivity contribution is -0.760. The third-order valence-corrected chi connectivity index (χ3v) is 5.41. The molecular formula is C21H28NO+. The number of benzene rings is 2. The van der Waals surface area contributed by atoms with Gasteiger partial charge in [0.15, 0.2) is 0 Å². The third-order valence-electron chi connectivity index (χ3n) is 5.41. The summed E-state index contributed by atoms with van der Waals surface area (Å²) in [7, 11) is 0. The van der Waals surface area contributed by atoms with Crippen LogP contribution in [0.3, 0.4) is 0 Å². The Morgan fingerprint density at radius 1 is 0.870 bits per heavy atom. The molecular weight excluding hydrogens is 282 g/mol. The normalized spacial score (nSPS) is 31.0. The lowest BCUT2D eigenvalue weighted by atomic mass is 9.72. The Bertz CT molecular complexity index is 598. The van der Waals surface area contributed by atoms with E-state index in [4.69, 9.17) is 0 Å². The van der Waals surface area contributed by atoms with Gasteiger partial charge in [-0.05, 0) is 6.42 Å². The van der Waals surface area contributed by atoms with E-state index in [0.717, 1.165) is 12.8 Å². The van der Waals surface area contributed by atoms with Gasteiger partial charge in [-0.15, -0.1) is 0 Å². The summed E-state index contributed by atoms with van der Waals surface area (Å²) in [6.45, 7) is 4.41. The molecule has 3 N–H and O–H groups in total. The Hall–Kier alpha value is -1.64. The Labute approximate surface area is 139 Å². The van der Waals surface area contributed by atoms with E-state index < -0.39 is 0 Å². The molecule has 122 valence electrons. The molecule has 1 saturated heterocycles. The molecule has 1 aliphatic heterocycles. The van der Waals surface area contributed by atoms with Crippen molar-refractivity contribution in [1.82, 2.24) is 0 Å². The molecule has 0 amide bonds. The highest BCUT2D eigenvalue weighted by atomic mass is 16.3. The Balaban J connectivity index is 1.94. The standard InChI is InChI=1S/C21H27NO/c1-3-10-18-20(17-13-8-5-9-14-17)22-19(15(2)21(18)23)16-11-6-4-7-12-16/h4-9,11-15,18-23H,3,10H2,1-2H3/p+1/t15-,18-,19-,20+,21+/m0/s1. The number of piperidine rings is 1. The van der Waals surface area contributed by atoms with Crippen molar-refractivity contribution in [3.63, 3.8) is 0 Å². The fraction of sp³-hybridized carbons (Fsp3) is 0.429. The van der Waals surface area contributed by atoms with Gasteiger partial charge in [0.25, 0.3) is 0 Å². The molecule has 1 heterocycles. The summed E-state index contributed by atoms with van der Waals surface area (Å²) in [6, 6.07) is 21.9. The first-order valence-corrected chi connectivity index (χ1v) is 8.85. The second-order valence-corrected chi connectivity index (χ2v) is 6.87. The fourth-order valence-electron chi connectivity index (χ4n) is 4.16. The molecule has 0 spiro atoms. The van der Waals surface area contributed by atoms with Crippen molar-refractivity contribution in [2.75, 3.05) is 0 Å². The van der Waals surface area contributed by atoms with Gasteiger partial charge in [0, 0.05) is 23.0 Å². The Kier molecular flexibility index (Phi) is 5.14. The summed E-state index contributed by atoms with van der Waals surface area (Å²) in [5.74, 6) is 0.575. The van der Waals surface area contributed by atoms with Crippen LogP contribution in [-0.2, 0) is 0 Å². The van der Waals surface area contributed by atoms with Crippen LogP contribution in [-0.4, -0.2) is 11.2 Å². The summed E-state index contributed by atoms with van der Waals surface area (Å²) >= 11 is 0. The quantitative estimate of drug-likeness (QED) is 0.891. The molecule has 5 atom stereocenters. The number of aliphatic hydroxyl groups is 1. The molecule has 0 aliphatic carbocycles. The summed E-state index contributed by atoms with van der Waals surface area (Å²) in [6.07, 6.45) is 1.93. The van der Waals surface area contributed by atoms with Gasteiger partial charge in [0.2, 0.25) is 0 Å². The third kappa shape index (κ3) is 3.34. The Morgan fingerprint density at radius 2 is 1.39 bits per heavy atom. The SMILES string of the molecule is CCC[C@@H]1[C@H](O)[C@@H](C)[C@@H](c2ccccc2)[NH2+][C@@H]1c1ccccc1. The van der Waals surface area contributed by atoms with E-state index >= 15 is 0 Å². The van der Waals surface area contributed by atoms with E-state index in [1.54, 1.807) is 0 Å². The lowest BCUT2D eigenvalue weighted by Crippen LogP contribution is -2.92. The van der Waals surface area contributed by atoms with Crippen molar-refractivity contribution in [1.29, 1.82) is 0 Å². The summed E-state index contributed by atoms with van der Waals surface area (Å²) in [4.78, 5) is 0. The van der Waals surface area contributed by atoms with E-state index in [0.29, 0.717) is 18.0 Å². The van der Waals surface area contributed by atoms with Crippen LogP contribution in [0.1, 0.15) is 49.9 Å². The maximum Gasteiger partial charge on any atom is 0.117 e. The average Bonchev–Trinajstić information content (AvgIpc) is 2.61. The van der Waals surface area contributed by atoms with Crippen LogP contribution in [0.5, 0.6) is 0 Å². The van der Waals surface area contributed by atoms with Crippen molar-refractivity contribution in [2.45, 2.75) is 44.9 Å². The van der Waals surface area contributed by atoms with Crippen LogP contribution in [0.15, 0.2) is 60.7 Å². The van der Waals surface area contributed by atoms with Gasteiger partial charge >= 0.3 is 0 Å². The van der Waals surface area contributed by atoms with Crippen LogP contribution in [0.25, 0.3) is 0 Å². The zero-order valence-corrected chi connectivity index (χ0v) is 14.1. The molecule has 2 aromatic rings. The van der Waals surface area contributed by atoms with Crippen LogP contribution < -0.4 is 5.32 Å². The zero-order valence-electron chi connectivity index (χ0n) is 14.1. The van der Waals surface area contributed by atoms with Crippen molar-refractivity contribution in [2.24, 2.45) is 11.8 Å². The number of hydrogen-bond donors (Lipinski definition) is 2. The number of rotatable bonds is 4. The minimum Gasteiger partial charge on any atom is -0.392 e. The molecule has 2 heteroatoms. The van der Waals surface area contributed by atoms with Gasteiger partial charge < -0.3 is 10.4 Å². The molecule has 0 radical (unpaired) electrons. The minimum absolute atomic E-state index is 0.254. The van der Waals surface area contributed by atoms with Gasteiger partial charge in [-0.3, -0.25) is 0 Å². The van der Waals surface area contributed by atoms with Gasteiger partial charge in [0.05, 0.1) is 6.10 Å². The molecule has 0 bridgehead atoms. The van der Waals surface area contributed by atoms with Gasteiger partial charge in [-0.2, -0.15) is 0 Å². The second kappa shape index (κ2) is 7.29. The van der Waals surface area contributed by atoms with Crippen LogP contribution >= 0.6 is 0 Å². The fourth-order valence-corrected chi connectivity index (χ4v) is 4.16. The summed E-state index contributed by atoms with van der Waals surface area (Å²) in [5, 5.41) is 13.5. The molecule has 1 fully saturated rings. The molecule has 2 aromatic carbocycles. The highest BCUT2D eigenvalue weighted by Crippen LogP contribution is 2.37. The first-order valence-electron chi connectivity index (χ1n) is 8.85. The number of aliphatic hydroxyl groups excluding tert-OH is 1. The van der Waals surface area contributed by atoms with Gasteiger partial charge in [-0.1, -0.05) is 80.9 Å². The van der Waals surface area contributed by atoms with Gasteiger partial charge in [-0.25, -0.2) is 0 Å². The van der Waals surface area contributed by atoms with E-state index in [9.17, 15) is 5.11 Å². The second-order valence-electron chi connectivity index (χ2n) is 6.87. The van der Waals surface area contributed by atoms with Crippen molar-refractivity contribution < 1.29 is 10.4 Å². The van der Waals surface area contributed by atoms with E-state index in [1.807, 2.05) is 0 Å². The van der Waals surface area contributed by atoms with E-state index in [-0.39, 0.29) is 12.0 Å². The monoisotopic (exact) mass is 310 g/mol. The molecule has 3 rings (SSSR count).